The second-order valence-electron chi connectivity index (χ2n) is 6.57. The summed E-state index contributed by atoms with van der Waals surface area (Å²) in [5.41, 5.74) is 3.62. The molecule has 0 aliphatic heterocycles. The Labute approximate surface area is 167 Å². The number of amides is 2. The highest BCUT2D eigenvalue weighted by molar-refractivity contribution is 6.01. The van der Waals surface area contributed by atoms with Gasteiger partial charge in [-0.2, -0.15) is 0 Å². The zero-order chi connectivity index (χ0) is 20.2. The number of fused-ring (bicyclic) bond motifs is 1. The summed E-state index contributed by atoms with van der Waals surface area (Å²) in [6.45, 7) is 0.361. The Kier molecular flexibility index (Phi) is 5.07. The molecule has 3 aromatic carbocycles. The van der Waals surface area contributed by atoms with E-state index in [1.54, 1.807) is 37.4 Å². The number of hydrogen-bond donors (Lipinski definition) is 2. The van der Waals surface area contributed by atoms with Crippen LogP contribution in [0.4, 0.5) is 0 Å². The largest absolute Gasteiger partial charge is 0.355 e. The van der Waals surface area contributed by atoms with Gasteiger partial charge in [-0.15, -0.1) is 0 Å². The molecule has 2 N–H and O–H groups in total. The molecule has 1 heterocycles. The van der Waals surface area contributed by atoms with E-state index >= 15 is 0 Å². The molecule has 0 fully saturated rings. The normalized spacial score (nSPS) is 10.7. The first kappa shape index (κ1) is 18.4. The summed E-state index contributed by atoms with van der Waals surface area (Å²) in [4.78, 5) is 24.2. The first-order valence-electron chi connectivity index (χ1n) is 9.20. The number of hydrogen-bond acceptors (Lipinski definition) is 4. The van der Waals surface area contributed by atoms with Gasteiger partial charge in [-0.3, -0.25) is 9.59 Å². The first-order valence-corrected chi connectivity index (χ1v) is 9.20. The maximum Gasteiger partial charge on any atom is 0.251 e. The lowest BCUT2D eigenvalue weighted by Crippen LogP contribution is -2.23. The molecule has 4 aromatic rings. The van der Waals surface area contributed by atoms with Crippen molar-refractivity contribution in [2.24, 2.45) is 0 Å². The van der Waals surface area contributed by atoms with Gasteiger partial charge in [0.2, 0.25) is 0 Å². The van der Waals surface area contributed by atoms with Crippen molar-refractivity contribution in [3.63, 3.8) is 0 Å². The molecule has 6 nitrogen and oxygen atoms in total. The van der Waals surface area contributed by atoms with E-state index in [-0.39, 0.29) is 11.8 Å². The summed E-state index contributed by atoms with van der Waals surface area (Å²) in [5, 5.41) is 10.4. The molecule has 0 radical (unpaired) electrons. The lowest BCUT2D eigenvalue weighted by molar-refractivity contribution is 0.0946. The number of aromatic nitrogens is 1. The topological polar surface area (TPSA) is 84.2 Å². The first-order chi connectivity index (χ1) is 14.2. The van der Waals surface area contributed by atoms with Crippen LogP contribution in [0.25, 0.3) is 22.2 Å². The van der Waals surface area contributed by atoms with Crippen LogP contribution < -0.4 is 10.6 Å². The van der Waals surface area contributed by atoms with Gasteiger partial charge in [0, 0.05) is 30.3 Å². The summed E-state index contributed by atoms with van der Waals surface area (Å²) in [6.07, 6.45) is 0. The number of carbonyl (C=O) groups excluding carboxylic acids is 2. The lowest BCUT2D eigenvalue weighted by Gasteiger charge is -2.07. The Morgan fingerprint density at radius 1 is 0.897 bits per heavy atom. The van der Waals surface area contributed by atoms with E-state index in [1.165, 1.54) is 0 Å². The van der Waals surface area contributed by atoms with Crippen LogP contribution >= 0.6 is 0 Å². The summed E-state index contributed by atoms with van der Waals surface area (Å²) in [7, 11) is 1.59. The van der Waals surface area contributed by atoms with Gasteiger partial charge in [0.05, 0.1) is 5.39 Å². The van der Waals surface area contributed by atoms with E-state index in [0.29, 0.717) is 28.9 Å². The minimum absolute atomic E-state index is 0.142. The van der Waals surface area contributed by atoms with Crippen LogP contribution in [0, 0.1) is 0 Å². The highest BCUT2D eigenvalue weighted by atomic mass is 16.5. The van der Waals surface area contributed by atoms with Crippen LogP contribution in [0.1, 0.15) is 26.3 Å². The van der Waals surface area contributed by atoms with Crippen LogP contribution in [-0.4, -0.2) is 24.0 Å². The Hall–Kier alpha value is -3.93. The van der Waals surface area contributed by atoms with Crippen LogP contribution in [0.15, 0.2) is 77.3 Å². The van der Waals surface area contributed by atoms with Crippen LogP contribution in [0.5, 0.6) is 0 Å². The Morgan fingerprint density at radius 2 is 1.62 bits per heavy atom. The summed E-state index contributed by atoms with van der Waals surface area (Å²) in [6, 6.07) is 22.1. The predicted molar refractivity (Wildman–Crippen MR) is 110 cm³/mol. The highest BCUT2D eigenvalue weighted by Crippen LogP contribution is 2.29. The minimum Gasteiger partial charge on any atom is -0.355 e. The molecule has 0 bridgehead atoms. The van der Waals surface area contributed by atoms with E-state index in [4.69, 9.17) is 4.52 Å². The minimum atomic E-state index is -0.192. The zero-order valence-corrected chi connectivity index (χ0v) is 15.8. The highest BCUT2D eigenvalue weighted by Gasteiger charge is 2.14. The van der Waals surface area contributed by atoms with Gasteiger partial charge < -0.3 is 15.2 Å². The maximum absolute atomic E-state index is 12.6. The predicted octanol–water partition coefficient (Wildman–Crippen LogP) is 3.78. The Bertz CT molecular complexity index is 1170. The van der Waals surface area contributed by atoms with Crippen molar-refractivity contribution in [1.29, 1.82) is 0 Å². The molecule has 29 heavy (non-hydrogen) atoms. The third-order valence-corrected chi connectivity index (χ3v) is 4.67. The molecule has 1 aromatic heterocycles. The van der Waals surface area contributed by atoms with E-state index in [1.807, 2.05) is 42.5 Å². The number of rotatable bonds is 5. The summed E-state index contributed by atoms with van der Waals surface area (Å²) in [5.74, 6) is 0.305. The molecule has 0 unspecified atom stereocenters. The second kappa shape index (κ2) is 7.98. The monoisotopic (exact) mass is 385 g/mol. The van der Waals surface area contributed by atoms with Crippen molar-refractivity contribution in [3.8, 4) is 11.3 Å². The lowest BCUT2D eigenvalue weighted by atomic mass is 10.1. The average molecular weight is 385 g/mol. The second-order valence-corrected chi connectivity index (χ2v) is 6.57. The van der Waals surface area contributed by atoms with Crippen LogP contribution in [-0.2, 0) is 6.54 Å². The zero-order valence-electron chi connectivity index (χ0n) is 15.8. The molecule has 144 valence electrons. The van der Waals surface area contributed by atoms with Gasteiger partial charge in [-0.05, 0) is 35.9 Å². The van der Waals surface area contributed by atoms with Gasteiger partial charge in [0.15, 0.2) is 5.76 Å². The van der Waals surface area contributed by atoms with E-state index in [0.717, 1.165) is 16.5 Å². The van der Waals surface area contributed by atoms with Gasteiger partial charge >= 0.3 is 0 Å². The Balaban J connectivity index is 1.51. The summed E-state index contributed by atoms with van der Waals surface area (Å²) >= 11 is 0. The van der Waals surface area contributed by atoms with Gasteiger partial charge in [0.25, 0.3) is 11.8 Å². The van der Waals surface area contributed by atoms with Gasteiger partial charge in [-0.25, -0.2) is 0 Å². The van der Waals surface area contributed by atoms with E-state index < -0.39 is 0 Å². The van der Waals surface area contributed by atoms with Crippen molar-refractivity contribution in [2.45, 2.75) is 6.54 Å². The fraction of sp³-hybridized carbons (Fsp3) is 0.0870. The fourth-order valence-corrected chi connectivity index (χ4v) is 3.08. The molecular formula is C23H19N3O3. The third-order valence-electron chi connectivity index (χ3n) is 4.67. The van der Waals surface area contributed by atoms with Crippen molar-refractivity contribution in [3.05, 3.63) is 89.5 Å². The molecule has 0 aliphatic carbocycles. The van der Waals surface area contributed by atoms with E-state index in [9.17, 15) is 9.59 Å². The van der Waals surface area contributed by atoms with Crippen molar-refractivity contribution in [2.75, 3.05) is 7.05 Å². The molecular weight excluding hydrogens is 366 g/mol. The number of nitrogens with zero attached hydrogens (tertiary/aromatic N) is 1. The van der Waals surface area contributed by atoms with Crippen LogP contribution in [0.3, 0.4) is 0 Å². The van der Waals surface area contributed by atoms with Gasteiger partial charge in [0.1, 0.15) is 5.52 Å². The molecule has 0 aliphatic rings. The van der Waals surface area contributed by atoms with Gasteiger partial charge in [-0.1, -0.05) is 47.6 Å². The average Bonchev–Trinajstić information content (AvgIpc) is 3.21. The smallest absolute Gasteiger partial charge is 0.251 e. The third kappa shape index (κ3) is 3.87. The molecule has 0 atom stereocenters. The number of nitrogens with one attached hydrogen (secondary N) is 2. The van der Waals surface area contributed by atoms with Crippen molar-refractivity contribution >= 4 is 22.7 Å². The molecule has 0 saturated heterocycles. The standard InChI is InChI=1S/C23H19N3O3/c1-24-22(27)17-9-7-15(8-10-17)14-25-23(28)18-11-12-20-19(13-18)21(29-26-20)16-5-3-2-4-6-16/h2-13H,14H2,1H3,(H,24,27)(H,25,28). The van der Waals surface area contributed by atoms with Crippen molar-refractivity contribution in [1.82, 2.24) is 15.8 Å². The van der Waals surface area contributed by atoms with E-state index in [2.05, 4.69) is 15.8 Å². The molecule has 6 heteroatoms. The fourth-order valence-electron chi connectivity index (χ4n) is 3.08. The molecule has 0 saturated carbocycles. The maximum atomic E-state index is 12.6. The molecule has 0 spiro atoms. The van der Waals surface area contributed by atoms with Crippen molar-refractivity contribution < 1.29 is 14.1 Å². The summed E-state index contributed by atoms with van der Waals surface area (Å²) < 4.78 is 5.49. The Morgan fingerprint density at radius 3 is 2.34 bits per heavy atom. The molecule has 2 amide bonds. The molecule has 4 rings (SSSR count). The quantitative estimate of drug-likeness (QED) is 0.548. The van der Waals surface area contributed by atoms with Crippen LogP contribution in [0.2, 0.25) is 0 Å². The number of carbonyl (C=O) groups is 2. The SMILES string of the molecule is CNC(=O)c1ccc(CNC(=O)c2ccc3noc(-c4ccccc4)c3c2)cc1. The number of benzene rings is 3.